The Hall–Kier alpha value is -3.09. The van der Waals surface area contributed by atoms with E-state index in [-0.39, 0.29) is 12.6 Å². The van der Waals surface area contributed by atoms with E-state index in [1.807, 2.05) is 37.3 Å². The number of hydrogen-bond donors (Lipinski definition) is 3. The summed E-state index contributed by atoms with van der Waals surface area (Å²) in [5.41, 5.74) is 1.60. The number of para-hydroxylation sites is 1. The number of benzene rings is 1. The van der Waals surface area contributed by atoms with E-state index in [1.165, 1.54) is 6.20 Å². The Labute approximate surface area is 140 Å². The topological polar surface area (TPSA) is 92.4 Å². The van der Waals surface area contributed by atoms with Gasteiger partial charge in [0.15, 0.2) is 0 Å². The molecule has 0 aliphatic rings. The van der Waals surface area contributed by atoms with Crippen molar-refractivity contribution < 1.29 is 14.3 Å². The molecule has 2 amide bonds. The Balaban J connectivity index is 2.30. The van der Waals surface area contributed by atoms with Crippen LogP contribution in [0.2, 0.25) is 0 Å². The number of rotatable bonds is 6. The van der Waals surface area contributed by atoms with Crippen molar-refractivity contribution in [3.63, 3.8) is 0 Å². The molecule has 1 aromatic carbocycles. The van der Waals surface area contributed by atoms with E-state index in [0.29, 0.717) is 23.6 Å². The highest BCUT2D eigenvalue weighted by Gasteiger charge is 2.15. The second-order valence-electron chi connectivity index (χ2n) is 4.81. The second kappa shape index (κ2) is 8.52. The molecule has 2 rings (SSSR count). The van der Waals surface area contributed by atoms with Gasteiger partial charge in [0.1, 0.15) is 11.4 Å². The van der Waals surface area contributed by atoms with Crippen molar-refractivity contribution in [2.45, 2.75) is 13.8 Å². The summed E-state index contributed by atoms with van der Waals surface area (Å²) in [6, 6.07) is 10.6. The Morgan fingerprint density at radius 1 is 1.17 bits per heavy atom. The minimum Gasteiger partial charge on any atom is -0.462 e. The molecular weight excluding hydrogens is 308 g/mol. The number of esters is 1. The molecule has 7 nitrogen and oxygen atoms in total. The monoisotopic (exact) mass is 328 g/mol. The maximum Gasteiger partial charge on any atom is 0.341 e. The number of nitrogens with zero attached hydrogens (tertiary/aromatic N) is 1. The molecule has 0 unspecified atom stereocenters. The Bertz CT molecular complexity index is 704. The highest BCUT2D eigenvalue weighted by atomic mass is 16.5. The van der Waals surface area contributed by atoms with Gasteiger partial charge in [-0.05, 0) is 26.0 Å². The summed E-state index contributed by atoms with van der Waals surface area (Å²) in [7, 11) is 0. The van der Waals surface area contributed by atoms with Crippen LogP contribution in [0.5, 0.6) is 0 Å². The number of urea groups is 1. The fraction of sp³-hybridized carbons (Fsp3) is 0.235. The molecule has 0 spiro atoms. The molecule has 3 N–H and O–H groups in total. The van der Waals surface area contributed by atoms with E-state index in [0.717, 1.165) is 5.69 Å². The van der Waals surface area contributed by atoms with E-state index in [1.54, 1.807) is 13.0 Å². The number of hydrogen-bond acceptors (Lipinski definition) is 5. The van der Waals surface area contributed by atoms with Crippen LogP contribution in [0.25, 0.3) is 0 Å². The van der Waals surface area contributed by atoms with Crippen molar-refractivity contribution in [1.82, 2.24) is 10.3 Å². The van der Waals surface area contributed by atoms with Crippen LogP contribution in [0.3, 0.4) is 0 Å². The summed E-state index contributed by atoms with van der Waals surface area (Å²) in [6.45, 7) is 4.32. The minimum absolute atomic E-state index is 0.266. The zero-order valence-corrected chi connectivity index (χ0v) is 13.6. The van der Waals surface area contributed by atoms with Crippen molar-refractivity contribution in [1.29, 1.82) is 0 Å². The van der Waals surface area contributed by atoms with Crippen LogP contribution in [-0.4, -0.2) is 30.1 Å². The molecular formula is C17H20N4O3. The number of aromatic nitrogens is 1. The van der Waals surface area contributed by atoms with Gasteiger partial charge >= 0.3 is 12.0 Å². The van der Waals surface area contributed by atoms with Crippen LogP contribution in [0.4, 0.5) is 22.0 Å². The molecule has 1 heterocycles. The summed E-state index contributed by atoms with van der Waals surface area (Å²) in [5, 5.41) is 8.38. The Morgan fingerprint density at radius 3 is 2.58 bits per heavy atom. The van der Waals surface area contributed by atoms with Gasteiger partial charge in [-0.25, -0.2) is 14.6 Å². The lowest BCUT2D eigenvalue weighted by atomic mass is 10.2. The Kier molecular flexibility index (Phi) is 6.13. The largest absolute Gasteiger partial charge is 0.462 e. The number of ether oxygens (including phenoxy) is 1. The third-order valence-electron chi connectivity index (χ3n) is 3.03. The van der Waals surface area contributed by atoms with E-state index >= 15 is 0 Å². The summed E-state index contributed by atoms with van der Waals surface area (Å²) in [5.74, 6) is -0.152. The van der Waals surface area contributed by atoms with Crippen molar-refractivity contribution in [2.75, 3.05) is 23.8 Å². The number of pyridine rings is 1. The first-order valence-electron chi connectivity index (χ1n) is 7.68. The minimum atomic E-state index is -0.479. The van der Waals surface area contributed by atoms with Gasteiger partial charge in [0.05, 0.1) is 12.3 Å². The molecule has 24 heavy (non-hydrogen) atoms. The molecule has 0 aliphatic carbocycles. The van der Waals surface area contributed by atoms with E-state index in [4.69, 9.17) is 4.74 Å². The van der Waals surface area contributed by atoms with Crippen LogP contribution in [0.15, 0.2) is 42.6 Å². The molecule has 0 bridgehead atoms. The van der Waals surface area contributed by atoms with Gasteiger partial charge in [-0.1, -0.05) is 18.2 Å². The third kappa shape index (κ3) is 4.70. The van der Waals surface area contributed by atoms with E-state index < -0.39 is 5.97 Å². The van der Waals surface area contributed by atoms with Crippen molar-refractivity contribution in [2.24, 2.45) is 0 Å². The van der Waals surface area contributed by atoms with Crippen LogP contribution >= 0.6 is 0 Å². The van der Waals surface area contributed by atoms with Gasteiger partial charge in [0.25, 0.3) is 0 Å². The average molecular weight is 328 g/mol. The second-order valence-corrected chi connectivity index (χ2v) is 4.81. The summed E-state index contributed by atoms with van der Waals surface area (Å²) in [6.07, 6.45) is 1.38. The average Bonchev–Trinajstić information content (AvgIpc) is 2.56. The summed E-state index contributed by atoms with van der Waals surface area (Å²) >= 11 is 0. The smallest absolute Gasteiger partial charge is 0.341 e. The van der Waals surface area contributed by atoms with Gasteiger partial charge in [0, 0.05) is 24.5 Å². The standard InChI is InChI=1S/C17H20N4O3/c1-3-18-17(23)21-15-10-14(20-12-8-6-5-7-9-12)13(11-19-15)16(22)24-4-2/h5-11H,3-4H2,1-2H3,(H3,18,19,20,21,23). The van der Waals surface area contributed by atoms with Crippen LogP contribution in [0.1, 0.15) is 24.2 Å². The number of nitrogens with one attached hydrogen (secondary N) is 3. The van der Waals surface area contributed by atoms with Gasteiger partial charge in [-0.3, -0.25) is 5.32 Å². The lowest BCUT2D eigenvalue weighted by Gasteiger charge is -2.13. The summed E-state index contributed by atoms with van der Waals surface area (Å²) in [4.78, 5) is 27.8. The molecule has 0 radical (unpaired) electrons. The lowest BCUT2D eigenvalue weighted by molar-refractivity contribution is 0.0527. The van der Waals surface area contributed by atoms with Gasteiger partial charge < -0.3 is 15.4 Å². The fourth-order valence-corrected chi connectivity index (χ4v) is 2.00. The van der Waals surface area contributed by atoms with Crippen molar-refractivity contribution in [3.05, 3.63) is 48.2 Å². The van der Waals surface area contributed by atoms with Crippen molar-refractivity contribution in [3.8, 4) is 0 Å². The number of amides is 2. The van der Waals surface area contributed by atoms with Crippen LogP contribution in [-0.2, 0) is 4.74 Å². The molecule has 0 fully saturated rings. The SMILES string of the molecule is CCNC(=O)Nc1cc(Nc2ccccc2)c(C(=O)OCC)cn1. The van der Waals surface area contributed by atoms with Gasteiger partial charge in [-0.2, -0.15) is 0 Å². The zero-order chi connectivity index (χ0) is 17.4. The highest BCUT2D eigenvalue weighted by Crippen LogP contribution is 2.24. The van der Waals surface area contributed by atoms with Crippen molar-refractivity contribution >= 4 is 29.2 Å². The maximum absolute atomic E-state index is 12.1. The van der Waals surface area contributed by atoms with Gasteiger partial charge in [-0.15, -0.1) is 0 Å². The summed E-state index contributed by atoms with van der Waals surface area (Å²) < 4.78 is 5.05. The highest BCUT2D eigenvalue weighted by molar-refractivity contribution is 5.97. The fourth-order valence-electron chi connectivity index (χ4n) is 2.00. The quantitative estimate of drug-likeness (QED) is 0.709. The molecule has 0 atom stereocenters. The molecule has 0 saturated heterocycles. The molecule has 0 saturated carbocycles. The first-order chi connectivity index (χ1) is 11.6. The van der Waals surface area contributed by atoms with Crippen LogP contribution < -0.4 is 16.0 Å². The first kappa shape index (κ1) is 17.3. The normalized spacial score (nSPS) is 9.92. The van der Waals surface area contributed by atoms with Gasteiger partial charge in [0.2, 0.25) is 0 Å². The molecule has 126 valence electrons. The van der Waals surface area contributed by atoms with E-state index in [9.17, 15) is 9.59 Å². The van der Waals surface area contributed by atoms with Crippen LogP contribution in [0, 0.1) is 0 Å². The molecule has 0 aliphatic heterocycles. The number of carbonyl (C=O) groups excluding carboxylic acids is 2. The predicted octanol–water partition coefficient (Wildman–Crippen LogP) is 3.14. The lowest BCUT2D eigenvalue weighted by Crippen LogP contribution is -2.28. The van der Waals surface area contributed by atoms with E-state index in [2.05, 4.69) is 20.9 Å². The molecule has 2 aromatic rings. The third-order valence-corrected chi connectivity index (χ3v) is 3.03. The molecule has 1 aromatic heterocycles. The molecule has 7 heteroatoms. The first-order valence-corrected chi connectivity index (χ1v) is 7.68. The Morgan fingerprint density at radius 2 is 1.92 bits per heavy atom. The number of carbonyl (C=O) groups is 2. The predicted molar refractivity (Wildman–Crippen MR) is 92.6 cm³/mol. The zero-order valence-electron chi connectivity index (χ0n) is 13.6. The maximum atomic E-state index is 12.1. The number of anilines is 3.